The summed E-state index contributed by atoms with van der Waals surface area (Å²) in [6.07, 6.45) is -1.63. The van der Waals surface area contributed by atoms with Gasteiger partial charge in [0.05, 0.1) is 15.0 Å². The molecule has 0 amide bonds. The molecule has 0 heterocycles. The summed E-state index contributed by atoms with van der Waals surface area (Å²) in [7, 11) is -1.55. The van der Waals surface area contributed by atoms with E-state index in [0.717, 1.165) is 11.8 Å². The lowest BCUT2D eigenvalue weighted by molar-refractivity contribution is -0.0798. The zero-order valence-corrected chi connectivity index (χ0v) is 7.57. The Labute approximate surface area is 69.5 Å². The molecule has 0 N–H and O–H groups in total. The van der Waals surface area contributed by atoms with Gasteiger partial charge in [0, 0.05) is 12.3 Å². The van der Waals surface area contributed by atoms with Gasteiger partial charge in [-0.3, -0.25) is 4.21 Å². The molecule has 1 unspecified atom stereocenters. The van der Waals surface area contributed by atoms with Gasteiger partial charge in [-0.1, -0.05) is 0 Å². The Morgan fingerprint density at radius 1 is 1.55 bits per heavy atom. The Bertz CT molecular complexity index is 185. The summed E-state index contributed by atoms with van der Waals surface area (Å²) in [6.45, 7) is 0. The van der Waals surface area contributed by atoms with Crippen LogP contribution in [0.25, 0.3) is 0 Å². The number of thioether (sulfide) groups is 1. The summed E-state index contributed by atoms with van der Waals surface area (Å²) in [4.78, 5) is 0. The number of allylic oxidation sites excluding steroid dienone is 1. The minimum atomic E-state index is -4.37. The first-order chi connectivity index (χ1) is 4.87. The Morgan fingerprint density at radius 3 is 2.09 bits per heavy atom. The Kier molecular flexibility index (Phi) is 4.17. The topological polar surface area (TPSA) is 17.1 Å². The van der Waals surface area contributed by atoms with Crippen molar-refractivity contribution in [2.24, 2.45) is 0 Å². The minimum Gasteiger partial charge on any atom is -0.254 e. The summed E-state index contributed by atoms with van der Waals surface area (Å²) >= 11 is 0.846. The van der Waals surface area contributed by atoms with E-state index in [1.807, 2.05) is 0 Å². The summed E-state index contributed by atoms with van der Waals surface area (Å²) in [6, 6.07) is 0. The van der Waals surface area contributed by atoms with Crippen molar-refractivity contribution >= 4 is 22.6 Å². The molecule has 0 aromatic heterocycles. The second-order valence-electron chi connectivity index (χ2n) is 1.66. The minimum absolute atomic E-state index is 0.0633. The van der Waals surface area contributed by atoms with Gasteiger partial charge in [-0.2, -0.15) is 13.2 Å². The second kappa shape index (κ2) is 4.15. The number of rotatable bonds is 2. The summed E-state index contributed by atoms with van der Waals surface area (Å²) in [5.74, 6) is 0. The third-order valence-corrected chi connectivity index (χ3v) is 3.17. The van der Waals surface area contributed by atoms with Gasteiger partial charge in [-0.15, -0.1) is 11.8 Å². The van der Waals surface area contributed by atoms with Crippen LogP contribution in [0.5, 0.6) is 0 Å². The monoisotopic (exact) mass is 204 g/mol. The predicted molar refractivity (Wildman–Crippen MR) is 41.7 cm³/mol. The van der Waals surface area contributed by atoms with Crippen molar-refractivity contribution in [3.05, 3.63) is 10.3 Å². The maximum atomic E-state index is 11.6. The quantitative estimate of drug-likeness (QED) is 0.685. The van der Waals surface area contributed by atoms with Crippen molar-refractivity contribution in [2.45, 2.75) is 6.18 Å². The third-order valence-electron chi connectivity index (χ3n) is 0.766. The lowest BCUT2D eigenvalue weighted by Crippen LogP contribution is -2.04. The van der Waals surface area contributed by atoms with E-state index in [9.17, 15) is 17.4 Å². The maximum Gasteiger partial charge on any atom is 0.411 e. The summed E-state index contributed by atoms with van der Waals surface area (Å²) < 4.78 is 45.3. The highest BCUT2D eigenvalue weighted by Crippen LogP contribution is 2.24. The van der Waals surface area contributed by atoms with Gasteiger partial charge in [0.25, 0.3) is 0 Å². The molecular formula is C5H7F3OS2. The standard InChI is InChI=1S/C5H7F3OS2/c1-10-4(11(2)9)3-5(6,7)8/h3H,1-2H3/b4-3+. The molecule has 0 radical (unpaired) electrons. The molecule has 0 fully saturated rings. The van der Waals surface area contributed by atoms with Gasteiger partial charge in [-0.05, 0) is 6.26 Å². The number of hydrogen-bond acceptors (Lipinski definition) is 2. The van der Waals surface area contributed by atoms with Gasteiger partial charge in [0.15, 0.2) is 0 Å². The van der Waals surface area contributed by atoms with Crippen molar-refractivity contribution in [1.82, 2.24) is 0 Å². The largest absolute Gasteiger partial charge is 0.411 e. The van der Waals surface area contributed by atoms with Crippen LogP contribution >= 0.6 is 11.8 Å². The molecule has 0 spiro atoms. The number of hydrogen-bond donors (Lipinski definition) is 0. The average molecular weight is 204 g/mol. The van der Waals surface area contributed by atoms with Crippen LogP contribution in [0.3, 0.4) is 0 Å². The molecule has 0 saturated carbocycles. The fourth-order valence-electron chi connectivity index (χ4n) is 0.393. The lowest BCUT2D eigenvalue weighted by Gasteiger charge is -2.02. The van der Waals surface area contributed by atoms with Crippen LogP contribution in [-0.4, -0.2) is 22.9 Å². The van der Waals surface area contributed by atoms with Crippen LogP contribution in [0.15, 0.2) is 10.3 Å². The Hall–Kier alpha value is 0.0300. The predicted octanol–water partition coefficient (Wildman–Crippen LogP) is 2.13. The molecule has 66 valence electrons. The average Bonchev–Trinajstić information content (AvgIpc) is 1.80. The number of alkyl halides is 3. The van der Waals surface area contributed by atoms with E-state index in [0.29, 0.717) is 0 Å². The zero-order valence-electron chi connectivity index (χ0n) is 5.94. The molecule has 0 rings (SSSR count). The molecule has 11 heavy (non-hydrogen) atoms. The molecule has 1 nitrogen and oxygen atoms in total. The molecule has 0 bridgehead atoms. The van der Waals surface area contributed by atoms with Gasteiger partial charge < -0.3 is 0 Å². The zero-order chi connectivity index (χ0) is 9.07. The maximum absolute atomic E-state index is 11.6. The van der Waals surface area contributed by atoms with E-state index in [1.165, 1.54) is 12.5 Å². The van der Waals surface area contributed by atoms with Crippen LogP contribution in [0.4, 0.5) is 13.2 Å². The molecule has 0 aromatic carbocycles. The van der Waals surface area contributed by atoms with Crippen LogP contribution in [-0.2, 0) is 10.8 Å². The summed E-state index contributed by atoms with van der Waals surface area (Å²) in [5, 5.41) is 0. The first-order valence-electron chi connectivity index (χ1n) is 2.54. The SMILES string of the molecule is CS/C(=C\C(F)(F)F)S(C)=O. The Balaban J connectivity index is 4.49. The van der Waals surface area contributed by atoms with E-state index in [1.54, 1.807) is 0 Å². The van der Waals surface area contributed by atoms with Crippen LogP contribution in [0.2, 0.25) is 0 Å². The molecular weight excluding hydrogens is 197 g/mol. The third kappa shape index (κ3) is 5.32. The molecule has 0 aliphatic heterocycles. The highest BCUT2D eigenvalue weighted by atomic mass is 32.2. The van der Waals surface area contributed by atoms with Crippen molar-refractivity contribution in [3.8, 4) is 0 Å². The molecule has 0 aliphatic rings. The van der Waals surface area contributed by atoms with Crippen molar-refractivity contribution in [2.75, 3.05) is 12.5 Å². The van der Waals surface area contributed by atoms with Crippen LogP contribution in [0.1, 0.15) is 0 Å². The van der Waals surface area contributed by atoms with E-state index in [4.69, 9.17) is 0 Å². The smallest absolute Gasteiger partial charge is 0.254 e. The number of halogens is 3. The molecule has 0 aromatic rings. The fourth-order valence-corrected chi connectivity index (χ4v) is 1.88. The van der Waals surface area contributed by atoms with Crippen molar-refractivity contribution in [1.29, 1.82) is 0 Å². The highest BCUT2D eigenvalue weighted by Gasteiger charge is 2.25. The van der Waals surface area contributed by atoms with E-state index >= 15 is 0 Å². The molecule has 1 atom stereocenters. The van der Waals surface area contributed by atoms with Crippen LogP contribution in [0, 0.1) is 0 Å². The molecule has 6 heteroatoms. The van der Waals surface area contributed by atoms with Crippen LogP contribution < -0.4 is 0 Å². The van der Waals surface area contributed by atoms with Gasteiger partial charge in [0.2, 0.25) is 0 Å². The van der Waals surface area contributed by atoms with Gasteiger partial charge in [0.1, 0.15) is 0 Å². The fraction of sp³-hybridized carbons (Fsp3) is 0.600. The summed E-state index contributed by atoms with van der Waals surface area (Å²) in [5.41, 5.74) is 0. The first kappa shape index (κ1) is 11.0. The van der Waals surface area contributed by atoms with Crippen molar-refractivity contribution in [3.63, 3.8) is 0 Å². The van der Waals surface area contributed by atoms with E-state index in [-0.39, 0.29) is 10.3 Å². The lowest BCUT2D eigenvalue weighted by atomic mass is 10.6. The Morgan fingerprint density at radius 2 is 2.00 bits per heavy atom. The normalized spacial score (nSPS) is 16.6. The van der Waals surface area contributed by atoms with E-state index < -0.39 is 17.0 Å². The van der Waals surface area contributed by atoms with Gasteiger partial charge in [-0.25, -0.2) is 0 Å². The first-order valence-corrected chi connectivity index (χ1v) is 5.32. The second-order valence-corrected chi connectivity index (χ2v) is 4.12. The molecule has 0 aliphatic carbocycles. The highest BCUT2D eigenvalue weighted by molar-refractivity contribution is 8.15. The van der Waals surface area contributed by atoms with Gasteiger partial charge >= 0.3 is 6.18 Å². The van der Waals surface area contributed by atoms with E-state index in [2.05, 4.69) is 0 Å². The molecule has 0 saturated heterocycles. The van der Waals surface area contributed by atoms with Crippen molar-refractivity contribution < 1.29 is 17.4 Å².